The second-order valence-corrected chi connectivity index (χ2v) is 5.79. The highest BCUT2D eigenvalue weighted by Gasteiger charge is 2.17. The molecule has 1 N–H and O–H groups in total. The first-order valence-electron chi connectivity index (χ1n) is 8.83. The second kappa shape index (κ2) is 11.1. The number of amides is 1. The van der Waals surface area contributed by atoms with Crippen molar-refractivity contribution in [2.24, 2.45) is 10.3 Å². The smallest absolute Gasteiger partial charge is 0.273 e. The van der Waals surface area contributed by atoms with E-state index in [1.165, 1.54) is 14.2 Å². The number of benzene rings is 2. The van der Waals surface area contributed by atoms with Crippen molar-refractivity contribution in [3.05, 3.63) is 65.2 Å². The highest BCUT2D eigenvalue weighted by molar-refractivity contribution is 6.45. The maximum atomic E-state index is 12.1. The van der Waals surface area contributed by atoms with Gasteiger partial charge in [-0.1, -0.05) is 46.6 Å². The number of likely N-dealkylation sites (N-methyl/N-ethyl adjacent to an activating group) is 1. The summed E-state index contributed by atoms with van der Waals surface area (Å²) < 4.78 is 5.18. The summed E-state index contributed by atoms with van der Waals surface area (Å²) in [7, 11) is 4.52. The fourth-order valence-electron chi connectivity index (χ4n) is 2.38. The Kier molecular flexibility index (Phi) is 8.27. The molecule has 0 aliphatic heterocycles. The van der Waals surface area contributed by atoms with Crippen LogP contribution in [0.15, 0.2) is 58.8 Å². The molecule has 150 valence electrons. The number of methoxy groups -OCH3 is 1. The van der Waals surface area contributed by atoms with Crippen LogP contribution in [0.2, 0.25) is 0 Å². The van der Waals surface area contributed by atoms with Crippen molar-refractivity contribution >= 4 is 17.3 Å². The van der Waals surface area contributed by atoms with E-state index < -0.39 is 0 Å². The van der Waals surface area contributed by atoms with Gasteiger partial charge in [-0.3, -0.25) is 4.79 Å². The Balaban J connectivity index is 2.11. The van der Waals surface area contributed by atoms with Crippen molar-refractivity contribution in [3.63, 3.8) is 0 Å². The summed E-state index contributed by atoms with van der Waals surface area (Å²) in [4.78, 5) is 22.3. The van der Waals surface area contributed by atoms with Gasteiger partial charge in [0.2, 0.25) is 0 Å². The second-order valence-electron chi connectivity index (χ2n) is 5.79. The topological polar surface area (TPSA) is 81.5 Å². The lowest BCUT2D eigenvalue weighted by molar-refractivity contribution is -0.114. The van der Waals surface area contributed by atoms with Gasteiger partial charge in [0.25, 0.3) is 5.91 Å². The summed E-state index contributed by atoms with van der Waals surface area (Å²) in [5.41, 5.74) is 2.83. The lowest BCUT2D eigenvalue weighted by Gasteiger charge is -2.09. The van der Waals surface area contributed by atoms with Gasteiger partial charge in [-0.05, 0) is 31.0 Å². The molecule has 0 aliphatic rings. The summed E-state index contributed by atoms with van der Waals surface area (Å²) in [6, 6.07) is 14.7. The Bertz CT molecular complexity index is 971. The minimum atomic E-state index is -0.358. The van der Waals surface area contributed by atoms with Gasteiger partial charge in [0.1, 0.15) is 25.2 Å². The third kappa shape index (κ3) is 6.40. The molecule has 2 rings (SSSR count). The molecular weight excluding hydrogens is 370 g/mol. The van der Waals surface area contributed by atoms with E-state index in [1.807, 2.05) is 36.4 Å². The number of nitrogens with zero attached hydrogens (tertiary/aromatic N) is 2. The molecule has 29 heavy (non-hydrogen) atoms. The number of carbonyl (C=O) groups excluding carboxylic acids is 1. The monoisotopic (exact) mass is 393 g/mol. The number of nitrogens with one attached hydrogen (secondary N) is 1. The quantitative estimate of drug-likeness (QED) is 0.446. The number of hydrogen-bond acceptors (Lipinski definition) is 6. The largest absolute Gasteiger partial charge is 0.497 e. The summed E-state index contributed by atoms with van der Waals surface area (Å²) in [6.07, 6.45) is 0. The molecule has 0 atom stereocenters. The van der Waals surface area contributed by atoms with Crippen LogP contribution in [-0.4, -0.2) is 38.6 Å². The molecule has 7 nitrogen and oxygen atoms in total. The van der Waals surface area contributed by atoms with Crippen LogP contribution in [0, 0.1) is 11.8 Å². The molecule has 1 amide bonds. The van der Waals surface area contributed by atoms with Crippen molar-refractivity contribution in [2.45, 2.75) is 13.5 Å². The zero-order valence-corrected chi connectivity index (χ0v) is 16.9. The molecule has 0 aromatic heterocycles. The lowest BCUT2D eigenvalue weighted by atomic mass is 10.0. The molecule has 0 bridgehead atoms. The molecule has 2 aromatic rings. The molecule has 0 unspecified atom stereocenters. The van der Waals surface area contributed by atoms with E-state index in [9.17, 15) is 4.79 Å². The van der Waals surface area contributed by atoms with Gasteiger partial charge in [-0.25, -0.2) is 0 Å². The molecular formula is C22H23N3O4. The van der Waals surface area contributed by atoms with Crippen LogP contribution in [0.5, 0.6) is 5.75 Å². The van der Waals surface area contributed by atoms with E-state index in [0.29, 0.717) is 11.3 Å². The average Bonchev–Trinajstić information content (AvgIpc) is 2.76. The predicted molar refractivity (Wildman–Crippen MR) is 112 cm³/mol. The van der Waals surface area contributed by atoms with Crippen molar-refractivity contribution in [3.8, 4) is 17.6 Å². The molecule has 7 heteroatoms. The van der Waals surface area contributed by atoms with Crippen LogP contribution < -0.4 is 10.1 Å². The summed E-state index contributed by atoms with van der Waals surface area (Å²) in [5.74, 6) is 6.32. The Morgan fingerprint density at radius 1 is 1.10 bits per heavy atom. The number of oxime groups is 2. The van der Waals surface area contributed by atoms with Gasteiger partial charge in [0.15, 0.2) is 5.71 Å². The Hall–Kier alpha value is -3.79. The maximum absolute atomic E-state index is 12.1. The van der Waals surface area contributed by atoms with Crippen LogP contribution in [-0.2, 0) is 21.1 Å². The third-order valence-corrected chi connectivity index (χ3v) is 3.78. The Labute approximate surface area is 170 Å². The van der Waals surface area contributed by atoms with Crippen LogP contribution in [0.4, 0.5) is 0 Å². The highest BCUT2D eigenvalue weighted by Crippen LogP contribution is 2.13. The first-order chi connectivity index (χ1) is 14.1. The van der Waals surface area contributed by atoms with Crippen molar-refractivity contribution in [1.82, 2.24) is 5.32 Å². The minimum absolute atomic E-state index is 0.147. The predicted octanol–water partition coefficient (Wildman–Crippen LogP) is 2.74. The standard InChI is InChI=1S/C22H23N3O4/c1-16(12-13-17-8-7-10-19(14-17)27-3)24-29-15-18-9-5-6-11-20(18)21(25-28-4)22(26)23-2/h5-11,14H,15H2,1-4H3,(H,23,26)/b24-16+,25-21+. The SMILES string of the molecule is CNC(=O)/C(=N/OC)c1ccccc1CO/N=C(\C)C#Cc1cccc(OC)c1. The van der Waals surface area contributed by atoms with Gasteiger partial charge >= 0.3 is 0 Å². The number of hydrogen-bond donors (Lipinski definition) is 1. The van der Waals surface area contributed by atoms with Gasteiger partial charge in [0, 0.05) is 23.7 Å². The first kappa shape index (κ1) is 21.5. The molecule has 0 saturated heterocycles. The molecule has 0 fully saturated rings. The average molecular weight is 393 g/mol. The Morgan fingerprint density at radius 3 is 2.62 bits per heavy atom. The van der Waals surface area contributed by atoms with Crippen LogP contribution in [0.1, 0.15) is 23.6 Å². The fraction of sp³-hybridized carbons (Fsp3) is 0.227. The van der Waals surface area contributed by atoms with E-state index in [0.717, 1.165) is 16.9 Å². The third-order valence-electron chi connectivity index (χ3n) is 3.78. The van der Waals surface area contributed by atoms with Crippen molar-refractivity contribution in [1.29, 1.82) is 0 Å². The number of rotatable bonds is 7. The van der Waals surface area contributed by atoms with Crippen LogP contribution in [0.3, 0.4) is 0 Å². The van der Waals surface area contributed by atoms with Gasteiger partial charge < -0.3 is 19.7 Å². The first-order valence-corrected chi connectivity index (χ1v) is 8.83. The summed E-state index contributed by atoms with van der Waals surface area (Å²) in [5, 5.41) is 10.4. The molecule has 0 radical (unpaired) electrons. The van der Waals surface area contributed by atoms with Gasteiger partial charge in [0.05, 0.1) is 7.11 Å². The van der Waals surface area contributed by atoms with Crippen LogP contribution in [0.25, 0.3) is 0 Å². The van der Waals surface area contributed by atoms with E-state index in [-0.39, 0.29) is 18.2 Å². The zero-order chi connectivity index (χ0) is 21.1. The highest BCUT2D eigenvalue weighted by atomic mass is 16.6. The van der Waals surface area contributed by atoms with E-state index >= 15 is 0 Å². The number of carbonyl (C=O) groups is 1. The molecule has 0 spiro atoms. The Morgan fingerprint density at radius 2 is 1.90 bits per heavy atom. The summed E-state index contributed by atoms with van der Waals surface area (Å²) in [6.45, 7) is 1.90. The van der Waals surface area contributed by atoms with E-state index in [4.69, 9.17) is 14.4 Å². The van der Waals surface area contributed by atoms with Crippen molar-refractivity contribution in [2.75, 3.05) is 21.3 Å². The maximum Gasteiger partial charge on any atom is 0.273 e. The molecule has 2 aromatic carbocycles. The molecule has 0 saturated carbocycles. The normalized spacial score (nSPS) is 11.2. The molecule has 0 aliphatic carbocycles. The van der Waals surface area contributed by atoms with E-state index in [2.05, 4.69) is 27.5 Å². The minimum Gasteiger partial charge on any atom is -0.497 e. The van der Waals surface area contributed by atoms with E-state index in [1.54, 1.807) is 26.2 Å². The van der Waals surface area contributed by atoms with Crippen molar-refractivity contribution < 1.29 is 19.2 Å². The fourth-order valence-corrected chi connectivity index (χ4v) is 2.38. The zero-order valence-electron chi connectivity index (χ0n) is 16.9. The summed E-state index contributed by atoms with van der Waals surface area (Å²) >= 11 is 0. The molecule has 0 heterocycles. The number of ether oxygens (including phenoxy) is 1. The van der Waals surface area contributed by atoms with Crippen LogP contribution >= 0.6 is 0 Å². The van der Waals surface area contributed by atoms with Gasteiger partial charge in [-0.15, -0.1) is 0 Å². The lowest BCUT2D eigenvalue weighted by Crippen LogP contribution is -2.29. The van der Waals surface area contributed by atoms with Gasteiger partial charge in [-0.2, -0.15) is 0 Å².